The van der Waals surface area contributed by atoms with Crippen molar-refractivity contribution in [3.05, 3.63) is 16.5 Å². The molecule has 0 aliphatic carbocycles. The zero-order valence-corrected chi connectivity index (χ0v) is 8.93. The highest BCUT2D eigenvalue weighted by Gasteiger charge is 2.10. The molecule has 1 aromatic rings. The first-order valence-electron chi connectivity index (χ1n) is 4.19. The summed E-state index contributed by atoms with van der Waals surface area (Å²) in [7, 11) is 0. The number of ether oxygens (including phenoxy) is 1. The molecule has 0 spiro atoms. The molecule has 0 aliphatic heterocycles. The van der Waals surface area contributed by atoms with Crippen LogP contribution in [0.2, 0.25) is 0 Å². The lowest BCUT2D eigenvalue weighted by atomic mass is 10.3. The summed E-state index contributed by atoms with van der Waals surface area (Å²) in [4.78, 5) is 16.0. The van der Waals surface area contributed by atoms with Gasteiger partial charge in [-0.1, -0.05) is 0 Å². The van der Waals surface area contributed by atoms with Gasteiger partial charge in [-0.05, 0) is 19.9 Å². The molecule has 5 heteroatoms. The first kappa shape index (κ1) is 10.7. The summed E-state index contributed by atoms with van der Waals surface area (Å²) < 4.78 is 4.94. The highest BCUT2D eigenvalue weighted by atomic mass is 32.1. The number of amides is 1. The molecule has 76 valence electrons. The van der Waals surface area contributed by atoms with Gasteiger partial charge in [0.1, 0.15) is 5.00 Å². The van der Waals surface area contributed by atoms with Gasteiger partial charge in [0.25, 0.3) is 5.91 Å². The van der Waals surface area contributed by atoms with Crippen LogP contribution in [0.25, 0.3) is 0 Å². The fourth-order valence-electron chi connectivity index (χ4n) is 0.934. The Labute approximate surface area is 86.4 Å². The van der Waals surface area contributed by atoms with E-state index in [4.69, 9.17) is 10.5 Å². The minimum absolute atomic E-state index is 0.448. The highest BCUT2D eigenvalue weighted by Crippen LogP contribution is 2.29. The lowest BCUT2D eigenvalue weighted by Gasteiger charge is -1.93. The van der Waals surface area contributed by atoms with Crippen molar-refractivity contribution in [1.82, 2.24) is 0 Å². The van der Waals surface area contributed by atoms with Gasteiger partial charge < -0.3 is 10.5 Å². The molecule has 14 heavy (non-hydrogen) atoms. The Balaban J connectivity index is 2.89. The number of carbonyl (C=O) groups excluding carboxylic acids is 1. The van der Waals surface area contributed by atoms with Gasteiger partial charge in [-0.3, -0.25) is 4.79 Å². The predicted octanol–water partition coefficient (Wildman–Crippen LogP) is 1.85. The Morgan fingerprint density at radius 1 is 1.79 bits per heavy atom. The van der Waals surface area contributed by atoms with Crippen LogP contribution >= 0.6 is 11.3 Å². The minimum Gasteiger partial charge on any atom is -0.483 e. The normalized spacial score (nSPS) is 10.7. The van der Waals surface area contributed by atoms with E-state index in [1.165, 1.54) is 17.7 Å². The average Bonchev–Trinajstić information content (AvgIpc) is 2.47. The van der Waals surface area contributed by atoms with Crippen LogP contribution in [0.5, 0.6) is 0 Å². The van der Waals surface area contributed by atoms with E-state index in [0.717, 1.165) is 4.88 Å². The second-order valence-corrected chi connectivity index (χ2v) is 3.86. The SMILES string of the molecule is CCO/C=N/c1sc(C)cc1C(N)=O. The van der Waals surface area contributed by atoms with E-state index in [1.54, 1.807) is 6.07 Å². The van der Waals surface area contributed by atoms with Crippen molar-refractivity contribution in [3.63, 3.8) is 0 Å². The molecule has 0 aromatic carbocycles. The van der Waals surface area contributed by atoms with Gasteiger partial charge in [0.2, 0.25) is 0 Å². The molecule has 1 rings (SSSR count). The zero-order valence-electron chi connectivity index (χ0n) is 8.11. The summed E-state index contributed by atoms with van der Waals surface area (Å²) in [5.41, 5.74) is 5.63. The molecule has 0 saturated heterocycles. The quantitative estimate of drug-likeness (QED) is 0.611. The van der Waals surface area contributed by atoms with E-state index >= 15 is 0 Å². The van der Waals surface area contributed by atoms with Crippen LogP contribution in [0, 0.1) is 6.92 Å². The second-order valence-electron chi connectivity index (χ2n) is 2.63. The molecule has 0 atom stereocenters. The van der Waals surface area contributed by atoms with E-state index in [9.17, 15) is 4.79 Å². The third kappa shape index (κ3) is 2.56. The molecule has 0 aliphatic rings. The maximum Gasteiger partial charge on any atom is 0.251 e. The van der Waals surface area contributed by atoms with Gasteiger partial charge in [0, 0.05) is 4.88 Å². The molecule has 1 amide bonds. The van der Waals surface area contributed by atoms with Gasteiger partial charge in [0.05, 0.1) is 12.2 Å². The molecule has 0 bridgehead atoms. The van der Waals surface area contributed by atoms with Crippen LogP contribution in [0.15, 0.2) is 11.1 Å². The number of primary amides is 1. The number of aryl methyl sites for hydroxylation is 1. The summed E-state index contributed by atoms with van der Waals surface area (Å²) in [6.45, 7) is 4.32. The van der Waals surface area contributed by atoms with E-state index in [2.05, 4.69) is 4.99 Å². The number of hydrogen-bond donors (Lipinski definition) is 1. The fourth-order valence-corrected chi connectivity index (χ4v) is 1.78. The van der Waals surface area contributed by atoms with Crippen LogP contribution in [0.4, 0.5) is 5.00 Å². The zero-order chi connectivity index (χ0) is 10.6. The van der Waals surface area contributed by atoms with Crippen LogP contribution in [-0.4, -0.2) is 18.9 Å². The fraction of sp³-hybridized carbons (Fsp3) is 0.333. The van der Waals surface area contributed by atoms with Crippen molar-refractivity contribution in [2.45, 2.75) is 13.8 Å². The second kappa shape index (κ2) is 4.76. The summed E-state index contributed by atoms with van der Waals surface area (Å²) in [6, 6.07) is 1.73. The summed E-state index contributed by atoms with van der Waals surface area (Å²) in [5.74, 6) is -0.460. The number of rotatable bonds is 4. The van der Waals surface area contributed by atoms with E-state index in [-0.39, 0.29) is 0 Å². The molecule has 0 saturated carbocycles. The highest BCUT2D eigenvalue weighted by molar-refractivity contribution is 7.16. The molecule has 0 radical (unpaired) electrons. The number of hydrogen-bond acceptors (Lipinski definition) is 4. The van der Waals surface area contributed by atoms with Crippen LogP contribution in [0.3, 0.4) is 0 Å². The van der Waals surface area contributed by atoms with Crippen molar-refractivity contribution >= 4 is 28.6 Å². The maximum absolute atomic E-state index is 11.0. The molecular weight excluding hydrogens is 200 g/mol. The van der Waals surface area contributed by atoms with Gasteiger partial charge in [-0.15, -0.1) is 11.3 Å². The Morgan fingerprint density at radius 2 is 2.50 bits per heavy atom. The van der Waals surface area contributed by atoms with Crippen molar-refractivity contribution in [2.75, 3.05) is 6.61 Å². The lowest BCUT2D eigenvalue weighted by molar-refractivity contribution is 0.100. The van der Waals surface area contributed by atoms with Crippen LogP contribution < -0.4 is 5.73 Å². The van der Waals surface area contributed by atoms with Crippen molar-refractivity contribution < 1.29 is 9.53 Å². The lowest BCUT2D eigenvalue weighted by Crippen LogP contribution is -2.09. The van der Waals surface area contributed by atoms with Gasteiger partial charge in [-0.2, -0.15) is 0 Å². The van der Waals surface area contributed by atoms with Crippen molar-refractivity contribution in [1.29, 1.82) is 0 Å². The topological polar surface area (TPSA) is 64.7 Å². The summed E-state index contributed by atoms with van der Waals surface area (Å²) in [5, 5.41) is 0.600. The van der Waals surface area contributed by atoms with E-state index in [1.807, 2.05) is 13.8 Å². The largest absolute Gasteiger partial charge is 0.483 e. The summed E-state index contributed by atoms with van der Waals surface area (Å²) >= 11 is 1.41. The summed E-state index contributed by atoms with van der Waals surface area (Å²) in [6.07, 6.45) is 1.33. The number of nitrogens with two attached hydrogens (primary N) is 1. The predicted molar refractivity (Wildman–Crippen MR) is 57.4 cm³/mol. The van der Waals surface area contributed by atoms with Gasteiger partial charge in [-0.25, -0.2) is 4.99 Å². The third-order valence-electron chi connectivity index (χ3n) is 1.51. The minimum atomic E-state index is -0.460. The van der Waals surface area contributed by atoms with E-state index < -0.39 is 5.91 Å². The maximum atomic E-state index is 11.0. The van der Waals surface area contributed by atoms with Gasteiger partial charge >= 0.3 is 0 Å². The Kier molecular flexibility index (Phi) is 3.64. The smallest absolute Gasteiger partial charge is 0.251 e. The Hall–Kier alpha value is -1.36. The van der Waals surface area contributed by atoms with E-state index in [0.29, 0.717) is 17.2 Å². The molecular formula is C9H12N2O2S. The molecule has 0 fully saturated rings. The number of aliphatic imine (C=N–C) groups is 1. The molecule has 0 unspecified atom stereocenters. The molecule has 1 heterocycles. The molecule has 1 aromatic heterocycles. The first-order chi connectivity index (χ1) is 6.65. The standard InChI is InChI=1S/C9H12N2O2S/c1-3-13-5-11-9-7(8(10)12)4-6(2)14-9/h4-5H,3H2,1-2H3,(H2,10,12)/b11-5+. The first-order valence-corrected chi connectivity index (χ1v) is 5.01. The van der Waals surface area contributed by atoms with Gasteiger partial charge in [0.15, 0.2) is 6.40 Å². The third-order valence-corrected chi connectivity index (χ3v) is 2.47. The Bertz CT molecular complexity index is 358. The number of thiophene rings is 1. The Morgan fingerprint density at radius 3 is 3.07 bits per heavy atom. The van der Waals surface area contributed by atoms with Crippen molar-refractivity contribution in [2.24, 2.45) is 10.7 Å². The molecule has 2 N–H and O–H groups in total. The average molecular weight is 212 g/mol. The number of nitrogens with zero attached hydrogens (tertiary/aromatic N) is 1. The van der Waals surface area contributed by atoms with Crippen LogP contribution in [-0.2, 0) is 4.74 Å². The number of carbonyl (C=O) groups is 1. The molecule has 4 nitrogen and oxygen atoms in total. The van der Waals surface area contributed by atoms with Crippen LogP contribution in [0.1, 0.15) is 22.2 Å². The monoisotopic (exact) mass is 212 g/mol. The van der Waals surface area contributed by atoms with Crippen molar-refractivity contribution in [3.8, 4) is 0 Å².